The first kappa shape index (κ1) is 17.2. The van der Waals surface area contributed by atoms with Crippen molar-refractivity contribution in [2.45, 2.75) is 5.54 Å². The van der Waals surface area contributed by atoms with Gasteiger partial charge in [0.25, 0.3) is 5.91 Å². The Kier molecular flexibility index (Phi) is 4.16. The van der Waals surface area contributed by atoms with Crippen LogP contribution in [0.5, 0.6) is 0 Å². The number of nitrogens with zero attached hydrogens (tertiary/aromatic N) is 3. The van der Waals surface area contributed by atoms with E-state index in [9.17, 15) is 4.79 Å². The molecule has 4 rings (SSSR count). The molecule has 0 aliphatic carbocycles. The lowest BCUT2D eigenvalue weighted by Crippen LogP contribution is -2.41. The van der Waals surface area contributed by atoms with Gasteiger partial charge in [-0.1, -0.05) is 60.1 Å². The van der Waals surface area contributed by atoms with E-state index in [1.165, 1.54) is 4.90 Å². The van der Waals surface area contributed by atoms with Crippen molar-refractivity contribution in [2.24, 2.45) is 10.7 Å². The Morgan fingerprint density at radius 1 is 1.04 bits per heavy atom. The molecule has 2 heterocycles. The maximum absolute atomic E-state index is 13.2. The Morgan fingerprint density at radius 2 is 1.78 bits per heavy atom. The van der Waals surface area contributed by atoms with Crippen LogP contribution in [0.15, 0.2) is 78.0 Å². The Balaban J connectivity index is 1.95. The predicted octanol–water partition coefficient (Wildman–Crippen LogP) is 3.43. The van der Waals surface area contributed by atoms with E-state index in [1.807, 2.05) is 54.6 Å². The molecule has 0 radical (unpaired) electrons. The molecule has 3 aromatic rings. The summed E-state index contributed by atoms with van der Waals surface area (Å²) >= 11 is 6.33. The Labute approximate surface area is 162 Å². The first-order valence-electron chi connectivity index (χ1n) is 8.43. The normalized spacial score (nSPS) is 19.3. The van der Waals surface area contributed by atoms with E-state index in [1.54, 1.807) is 25.5 Å². The van der Waals surface area contributed by atoms with E-state index in [2.05, 4.69) is 9.98 Å². The van der Waals surface area contributed by atoms with Gasteiger partial charge in [0.05, 0.1) is 5.02 Å². The molecule has 6 heteroatoms. The number of guanidine groups is 1. The number of hydrogen-bond donors (Lipinski definition) is 1. The number of aromatic nitrogens is 1. The molecule has 1 aliphatic heterocycles. The molecule has 1 aromatic heterocycles. The Hall–Kier alpha value is -3.18. The quantitative estimate of drug-likeness (QED) is 0.761. The molecule has 1 aliphatic rings. The fourth-order valence-corrected chi connectivity index (χ4v) is 3.58. The van der Waals surface area contributed by atoms with Crippen LogP contribution in [0, 0.1) is 0 Å². The topological polar surface area (TPSA) is 71.6 Å². The summed E-state index contributed by atoms with van der Waals surface area (Å²) in [4.78, 5) is 23.4. The van der Waals surface area contributed by atoms with Crippen LogP contribution in [0.2, 0.25) is 5.02 Å². The van der Waals surface area contributed by atoms with Crippen LogP contribution in [-0.4, -0.2) is 28.8 Å². The third-order valence-corrected chi connectivity index (χ3v) is 5.12. The molecule has 0 spiro atoms. The van der Waals surface area contributed by atoms with Crippen LogP contribution < -0.4 is 5.73 Å². The molecule has 0 fully saturated rings. The molecule has 0 bridgehead atoms. The summed E-state index contributed by atoms with van der Waals surface area (Å²) < 4.78 is 0. The highest BCUT2D eigenvalue weighted by Gasteiger charge is 2.49. The van der Waals surface area contributed by atoms with Crippen LogP contribution >= 0.6 is 11.6 Å². The van der Waals surface area contributed by atoms with E-state index >= 15 is 0 Å². The molecule has 5 nitrogen and oxygen atoms in total. The zero-order chi connectivity index (χ0) is 19.0. The lowest BCUT2D eigenvalue weighted by molar-refractivity contribution is -0.129. The van der Waals surface area contributed by atoms with Gasteiger partial charge in [-0.05, 0) is 28.8 Å². The summed E-state index contributed by atoms with van der Waals surface area (Å²) in [5.41, 5.74) is 7.93. The highest BCUT2D eigenvalue weighted by Crippen LogP contribution is 2.40. The minimum atomic E-state index is -1.22. The summed E-state index contributed by atoms with van der Waals surface area (Å²) in [7, 11) is 1.63. The number of rotatable bonds is 3. The van der Waals surface area contributed by atoms with Gasteiger partial charge in [0.2, 0.25) is 0 Å². The highest BCUT2D eigenvalue weighted by molar-refractivity contribution is 6.33. The molecule has 0 saturated carbocycles. The maximum atomic E-state index is 13.2. The molecular formula is C21H17ClN4O. The average molecular weight is 377 g/mol. The first-order chi connectivity index (χ1) is 13.0. The average Bonchev–Trinajstić information content (AvgIpc) is 2.94. The summed E-state index contributed by atoms with van der Waals surface area (Å²) in [5.74, 6) is -0.00528. The van der Waals surface area contributed by atoms with Crippen molar-refractivity contribution >= 4 is 23.5 Å². The lowest BCUT2D eigenvalue weighted by atomic mass is 9.82. The zero-order valence-corrected chi connectivity index (χ0v) is 15.4. The van der Waals surface area contributed by atoms with Crippen molar-refractivity contribution in [3.8, 4) is 11.1 Å². The number of halogens is 1. The van der Waals surface area contributed by atoms with Crippen LogP contribution in [-0.2, 0) is 10.3 Å². The van der Waals surface area contributed by atoms with Gasteiger partial charge < -0.3 is 5.73 Å². The van der Waals surface area contributed by atoms with Gasteiger partial charge in [0, 0.05) is 25.0 Å². The molecule has 1 atom stereocenters. The number of likely N-dealkylation sites (N-methyl/N-ethyl adjacent to an activating group) is 1. The molecule has 1 unspecified atom stereocenters. The molecule has 2 N–H and O–H groups in total. The number of pyridine rings is 1. The van der Waals surface area contributed by atoms with Crippen LogP contribution in [0.3, 0.4) is 0 Å². The fraction of sp³-hybridized carbons (Fsp3) is 0.0952. The Morgan fingerprint density at radius 3 is 2.44 bits per heavy atom. The van der Waals surface area contributed by atoms with Gasteiger partial charge in [-0.15, -0.1) is 0 Å². The SMILES string of the molecule is CN1C(=O)C(c2ccccc2)(c2cccc(-c3cnccc3Cl)c2)N=C1N. The molecular weight excluding hydrogens is 360 g/mol. The van der Waals surface area contributed by atoms with Gasteiger partial charge in [-0.2, -0.15) is 0 Å². The van der Waals surface area contributed by atoms with Gasteiger partial charge >= 0.3 is 0 Å². The van der Waals surface area contributed by atoms with Gasteiger partial charge in [0.15, 0.2) is 11.5 Å². The minimum absolute atomic E-state index is 0.189. The number of carbonyl (C=O) groups excluding carboxylic acids is 1. The fourth-order valence-electron chi connectivity index (χ4n) is 3.37. The summed E-state index contributed by atoms with van der Waals surface area (Å²) in [6.07, 6.45) is 3.35. The third kappa shape index (κ3) is 2.67. The first-order valence-corrected chi connectivity index (χ1v) is 8.81. The second-order valence-electron chi connectivity index (χ2n) is 6.35. The van der Waals surface area contributed by atoms with Crippen molar-refractivity contribution in [3.63, 3.8) is 0 Å². The van der Waals surface area contributed by atoms with Crippen molar-refractivity contribution in [3.05, 3.63) is 89.2 Å². The highest BCUT2D eigenvalue weighted by atomic mass is 35.5. The number of benzene rings is 2. The van der Waals surface area contributed by atoms with Gasteiger partial charge in [-0.25, -0.2) is 4.99 Å². The second-order valence-corrected chi connectivity index (χ2v) is 6.75. The molecule has 0 saturated heterocycles. The van der Waals surface area contributed by atoms with E-state index < -0.39 is 5.54 Å². The lowest BCUT2D eigenvalue weighted by Gasteiger charge is -2.26. The van der Waals surface area contributed by atoms with Crippen molar-refractivity contribution in [1.29, 1.82) is 0 Å². The van der Waals surface area contributed by atoms with Crippen molar-refractivity contribution < 1.29 is 4.79 Å². The predicted molar refractivity (Wildman–Crippen MR) is 106 cm³/mol. The summed E-state index contributed by atoms with van der Waals surface area (Å²) in [5, 5.41) is 0.591. The minimum Gasteiger partial charge on any atom is -0.369 e. The smallest absolute Gasteiger partial charge is 0.266 e. The second kappa shape index (κ2) is 6.52. The Bertz CT molecular complexity index is 1050. The van der Waals surface area contributed by atoms with Crippen molar-refractivity contribution in [2.75, 3.05) is 7.05 Å². The standard InChI is InChI=1S/C21H17ClN4O/c1-26-19(27)21(25-20(26)23,15-7-3-2-4-8-15)16-9-5-6-14(12-16)17-13-24-11-10-18(17)22/h2-13H,1H3,(H2,23,25). The van der Waals surface area contributed by atoms with E-state index in [-0.39, 0.29) is 11.9 Å². The molecule has 1 amide bonds. The van der Waals surface area contributed by atoms with Crippen LogP contribution in [0.4, 0.5) is 0 Å². The van der Waals surface area contributed by atoms with E-state index in [0.29, 0.717) is 5.02 Å². The molecule has 134 valence electrons. The number of amides is 1. The van der Waals surface area contributed by atoms with E-state index in [4.69, 9.17) is 17.3 Å². The molecule has 27 heavy (non-hydrogen) atoms. The largest absolute Gasteiger partial charge is 0.369 e. The van der Waals surface area contributed by atoms with Gasteiger partial charge in [0.1, 0.15) is 0 Å². The zero-order valence-electron chi connectivity index (χ0n) is 14.6. The van der Waals surface area contributed by atoms with Crippen LogP contribution in [0.1, 0.15) is 11.1 Å². The number of aliphatic imine (C=N–C) groups is 1. The number of nitrogens with two attached hydrogens (primary N) is 1. The number of carbonyl (C=O) groups is 1. The molecule has 2 aromatic carbocycles. The summed E-state index contributed by atoms with van der Waals surface area (Å²) in [6, 6.07) is 18.8. The number of hydrogen-bond acceptors (Lipinski definition) is 4. The summed E-state index contributed by atoms with van der Waals surface area (Å²) in [6.45, 7) is 0. The van der Waals surface area contributed by atoms with Crippen LogP contribution in [0.25, 0.3) is 11.1 Å². The van der Waals surface area contributed by atoms with Crippen molar-refractivity contribution in [1.82, 2.24) is 9.88 Å². The third-order valence-electron chi connectivity index (χ3n) is 4.79. The maximum Gasteiger partial charge on any atom is 0.266 e. The van der Waals surface area contributed by atoms with E-state index in [0.717, 1.165) is 22.3 Å². The monoisotopic (exact) mass is 376 g/mol. The van der Waals surface area contributed by atoms with Gasteiger partial charge in [-0.3, -0.25) is 14.7 Å².